The number of esters is 2. The number of carbonyl (C=O) groups is 4. The molecule has 1 fully saturated rings. The normalized spacial score (nSPS) is 21.2. The van der Waals surface area contributed by atoms with Gasteiger partial charge in [0, 0.05) is 18.9 Å². The van der Waals surface area contributed by atoms with Gasteiger partial charge in [-0.15, -0.1) is 0 Å². The Hall–Kier alpha value is -2.90. The molecule has 2 amide bonds. The lowest BCUT2D eigenvalue weighted by Gasteiger charge is -2.50. The topological polar surface area (TPSA) is 93.2 Å². The summed E-state index contributed by atoms with van der Waals surface area (Å²) >= 11 is 0. The van der Waals surface area contributed by atoms with Crippen LogP contribution in [0.3, 0.4) is 0 Å². The van der Waals surface area contributed by atoms with Crippen molar-refractivity contribution in [2.45, 2.75) is 64.8 Å². The molecule has 0 aliphatic carbocycles. The Morgan fingerprint density at radius 1 is 1.17 bits per heavy atom. The first-order chi connectivity index (χ1) is 13.5. The molecule has 2 heterocycles. The molecule has 2 aliphatic rings. The molecule has 0 spiro atoms. The van der Waals surface area contributed by atoms with Crippen molar-refractivity contribution in [3.63, 3.8) is 0 Å². The van der Waals surface area contributed by atoms with Crippen molar-refractivity contribution in [3.8, 4) is 0 Å². The van der Waals surface area contributed by atoms with E-state index < -0.39 is 29.8 Å². The molecule has 3 rings (SSSR count). The molecule has 0 N–H and O–H groups in total. The lowest BCUT2D eigenvalue weighted by Crippen LogP contribution is -2.70. The van der Waals surface area contributed by atoms with Gasteiger partial charge in [-0.05, 0) is 46.8 Å². The van der Waals surface area contributed by atoms with E-state index in [2.05, 4.69) is 0 Å². The van der Waals surface area contributed by atoms with Crippen molar-refractivity contribution in [1.29, 1.82) is 0 Å². The molecule has 1 atom stereocenters. The molecule has 8 nitrogen and oxygen atoms in total. The van der Waals surface area contributed by atoms with Crippen LogP contribution in [0.2, 0.25) is 0 Å². The molecule has 1 unspecified atom stereocenters. The molecule has 156 valence electrons. The lowest BCUT2D eigenvalue weighted by atomic mass is 9.95. The standard InChI is InChI=1S/C21H26N2O6/c1-13(2)22-18(26)14-8-6-7-9-15(14)23-16(24)10-11-21(22,23)19(27)28-12-17(25)29-20(3,4)5/h6-9,13H,10-12H2,1-5H3. The van der Waals surface area contributed by atoms with E-state index in [9.17, 15) is 19.2 Å². The fourth-order valence-corrected chi connectivity index (χ4v) is 3.98. The third-order valence-corrected chi connectivity index (χ3v) is 4.88. The van der Waals surface area contributed by atoms with E-state index in [1.54, 1.807) is 58.9 Å². The zero-order valence-electron chi connectivity index (χ0n) is 17.4. The fraction of sp³-hybridized carbons (Fsp3) is 0.524. The number of ether oxygens (including phenoxy) is 2. The molecule has 29 heavy (non-hydrogen) atoms. The second-order valence-corrected chi connectivity index (χ2v) is 8.49. The number of amides is 2. The Balaban J connectivity index is 1.99. The van der Waals surface area contributed by atoms with Crippen LogP contribution < -0.4 is 4.90 Å². The highest BCUT2D eigenvalue weighted by molar-refractivity contribution is 6.15. The Bertz CT molecular complexity index is 872. The van der Waals surface area contributed by atoms with Crippen LogP contribution in [0.1, 0.15) is 57.8 Å². The molecule has 0 aromatic heterocycles. The first kappa shape index (κ1) is 20.8. The van der Waals surface area contributed by atoms with Gasteiger partial charge in [0.25, 0.3) is 5.91 Å². The van der Waals surface area contributed by atoms with Crippen molar-refractivity contribution in [2.75, 3.05) is 11.5 Å². The minimum Gasteiger partial charge on any atom is -0.457 e. The third kappa shape index (κ3) is 3.47. The Kier molecular flexibility index (Phi) is 5.15. The van der Waals surface area contributed by atoms with Crippen LogP contribution in [0.25, 0.3) is 0 Å². The van der Waals surface area contributed by atoms with Crippen molar-refractivity contribution in [3.05, 3.63) is 29.8 Å². The SMILES string of the molecule is CC(C)N1C(=O)c2ccccc2N2C(=O)CCC21C(=O)OCC(=O)OC(C)(C)C. The number of rotatable bonds is 4. The average Bonchev–Trinajstić information content (AvgIpc) is 2.96. The number of fused-ring (bicyclic) bond motifs is 3. The Labute approximate surface area is 169 Å². The van der Waals surface area contributed by atoms with Gasteiger partial charge < -0.3 is 14.4 Å². The zero-order valence-corrected chi connectivity index (χ0v) is 17.4. The Morgan fingerprint density at radius 3 is 2.45 bits per heavy atom. The average molecular weight is 402 g/mol. The van der Waals surface area contributed by atoms with Crippen molar-refractivity contribution < 1.29 is 28.7 Å². The first-order valence-corrected chi connectivity index (χ1v) is 9.64. The van der Waals surface area contributed by atoms with Crippen LogP contribution >= 0.6 is 0 Å². The highest BCUT2D eigenvalue weighted by Crippen LogP contribution is 2.45. The number of para-hydroxylation sites is 1. The molecule has 1 aromatic rings. The van der Waals surface area contributed by atoms with E-state index in [0.29, 0.717) is 11.3 Å². The quantitative estimate of drug-likeness (QED) is 0.717. The van der Waals surface area contributed by atoms with E-state index in [0.717, 1.165) is 0 Å². The number of anilines is 1. The van der Waals surface area contributed by atoms with E-state index in [-0.39, 0.29) is 30.7 Å². The maximum absolute atomic E-state index is 13.3. The summed E-state index contributed by atoms with van der Waals surface area (Å²) in [6.45, 7) is 8.08. The molecular formula is C21H26N2O6. The minimum absolute atomic E-state index is 0.0897. The van der Waals surface area contributed by atoms with Crippen LogP contribution in [0.4, 0.5) is 5.69 Å². The maximum Gasteiger partial charge on any atom is 0.354 e. The summed E-state index contributed by atoms with van der Waals surface area (Å²) in [5.74, 6) is -2.14. The third-order valence-electron chi connectivity index (χ3n) is 4.88. The summed E-state index contributed by atoms with van der Waals surface area (Å²) in [5, 5.41) is 0. The summed E-state index contributed by atoms with van der Waals surface area (Å²) in [6, 6.07) is 6.32. The van der Waals surface area contributed by atoms with Crippen LogP contribution in [-0.2, 0) is 23.9 Å². The second kappa shape index (κ2) is 7.17. The fourth-order valence-electron chi connectivity index (χ4n) is 3.98. The number of benzene rings is 1. The molecular weight excluding hydrogens is 376 g/mol. The molecule has 8 heteroatoms. The maximum atomic E-state index is 13.3. The van der Waals surface area contributed by atoms with Gasteiger partial charge in [-0.1, -0.05) is 12.1 Å². The van der Waals surface area contributed by atoms with Crippen LogP contribution in [-0.4, -0.2) is 52.6 Å². The predicted molar refractivity (Wildman–Crippen MR) is 104 cm³/mol. The molecule has 1 saturated heterocycles. The molecule has 0 bridgehead atoms. The van der Waals surface area contributed by atoms with Crippen molar-refractivity contribution in [2.24, 2.45) is 0 Å². The molecule has 1 aromatic carbocycles. The highest BCUT2D eigenvalue weighted by atomic mass is 16.6. The number of hydrogen-bond donors (Lipinski definition) is 0. The van der Waals surface area contributed by atoms with Gasteiger partial charge in [0.2, 0.25) is 11.6 Å². The van der Waals surface area contributed by atoms with Crippen LogP contribution in [0.15, 0.2) is 24.3 Å². The molecule has 2 aliphatic heterocycles. The van der Waals surface area contributed by atoms with E-state index in [1.807, 2.05) is 0 Å². The summed E-state index contributed by atoms with van der Waals surface area (Å²) < 4.78 is 10.5. The molecule has 0 radical (unpaired) electrons. The van der Waals surface area contributed by atoms with Crippen molar-refractivity contribution in [1.82, 2.24) is 4.90 Å². The predicted octanol–water partition coefficient (Wildman–Crippen LogP) is 2.26. The zero-order chi connectivity index (χ0) is 21.6. The van der Waals surface area contributed by atoms with Crippen LogP contribution in [0.5, 0.6) is 0 Å². The summed E-state index contributed by atoms with van der Waals surface area (Å²) in [4.78, 5) is 54.0. The highest BCUT2D eigenvalue weighted by Gasteiger charge is 2.62. The largest absolute Gasteiger partial charge is 0.457 e. The number of carbonyl (C=O) groups excluding carboxylic acids is 4. The van der Waals surface area contributed by atoms with Gasteiger partial charge in [-0.25, -0.2) is 9.59 Å². The van der Waals surface area contributed by atoms with E-state index in [4.69, 9.17) is 9.47 Å². The monoisotopic (exact) mass is 402 g/mol. The summed E-state index contributed by atoms with van der Waals surface area (Å²) in [5.41, 5.74) is -1.60. The van der Waals surface area contributed by atoms with Gasteiger partial charge in [0.15, 0.2) is 6.61 Å². The minimum atomic E-state index is -1.61. The number of hydrogen-bond acceptors (Lipinski definition) is 6. The van der Waals surface area contributed by atoms with E-state index in [1.165, 1.54) is 9.80 Å². The van der Waals surface area contributed by atoms with Gasteiger partial charge in [0.1, 0.15) is 5.60 Å². The lowest BCUT2D eigenvalue weighted by molar-refractivity contribution is -0.172. The summed E-state index contributed by atoms with van der Waals surface area (Å²) in [7, 11) is 0. The van der Waals surface area contributed by atoms with Gasteiger partial charge in [-0.2, -0.15) is 0 Å². The van der Waals surface area contributed by atoms with Gasteiger partial charge in [0.05, 0.1) is 11.3 Å². The van der Waals surface area contributed by atoms with Crippen molar-refractivity contribution >= 4 is 29.4 Å². The smallest absolute Gasteiger partial charge is 0.354 e. The van der Waals surface area contributed by atoms with Gasteiger partial charge in [-0.3, -0.25) is 14.5 Å². The summed E-state index contributed by atoms with van der Waals surface area (Å²) in [6.07, 6.45) is 0.184. The molecule has 0 saturated carbocycles. The second-order valence-electron chi connectivity index (χ2n) is 8.49. The van der Waals surface area contributed by atoms with Gasteiger partial charge >= 0.3 is 11.9 Å². The number of nitrogens with zero attached hydrogens (tertiary/aromatic N) is 2. The van der Waals surface area contributed by atoms with E-state index >= 15 is 0 Å². The first-order valence-electron chi connectivity index (χ1n) is 9.64. The Morgan fingerprint density at radius 2 is 1.83 bits per heavy atom. The van der Waals surface area contributed by atoms with Crippen LogP contribution in [0, 0.1) is 0 Å².